The van der Waals surface area contributed by atoms with E-state index in [9.17, 15) is 0 Å². The number of hydrogen-bond acceptors (Lipinski definition) is 6. The van der Waals surface area contributed by atoms with E-state index in [4.69, 9.17) is 9.97 Å². The second kappa shape index (κ2) is 11.5. The van der Waals surface area contributed by atoms with Crippen LogP contribution in [0.5, 0.6) is 0 Å². The zero-order valence-electron chi connectivity index (χ0n) is 23.5. The quantitative estimate of drug-likeness (QED) is 0.206. The van der Waals surface area contributed by atoms with Crippen LogP contribution in [0.15, 0.2) is 140 Å². The highest BCUT2D eigenvalue weighted by atomic mass is 14.9. The van der Waals surface area contributed by atoms with E-state index in [1.165, 1.54) is 0 Å². The van der Waals surface area contributed by atoms with Gasteiger partial charge in [-0.15, -0.1) is 0 Å². The van der Waals surface area contributed by atoms with Crippen molar-refractivity contribution < 1.29 is 0 Å². The summed E-state index contributed by atoms with van der Waals surface area (Å²) in [5, 5.41) is 0. The van der Waals surface area contributed by atoms with E-state index in [0.29, 0.717) is 5.82 Å². The van der Waals surface area contributed by atoms with Gasteiger partial charge >= 0.3 is 0 Å². The lowest BCUT2D eigenvalue weighted by Gasteiger charge is -2.13. The SMILES string of the molecule is Cc1nc(-c2cc(-c3cccnc3)cc(-c3cccnc3)c2)cc(-c2cc(-c3cccnc3)cc(-c3ccccn3)c2)n1. The second-order valence-electron chi connectivity index (χ2n) is 10.2. The van der Waals surface area contributed by atoms with Crippen LogP contribution in [0.4, 0.5) is 0 Å². The molecule has 204 valence electrons. The maximum absolute atomic E-state index is 4.90. The molecule has 0 radical (unpaired) electrons. The van der Waals surface area contributed by atoms with Crippen molar-refractivity contribution in [2.24, 2.45) is 0 Å². The Morgan fingerprint density at radius 1 is 0.372 bits per heavy atom. The molecular formula is C37H26N6. The smallest absolute Gasteiger partial charge is 0.126 e. The molecular weight excluding hydrogens is 528 g/mol. The molecule has 0 aliphatic rings. The van der Waals surface area contributed by atoms with Gasteiger partial charge < -0.3 is 0 Å². The predicted molar refractivity (Wildman–Crippen MR) is 171 cm³/mol. The van der Waals surface area contributed by atoms with E-state index in [1.54, 1.807) is 18.6 Å². The topological polar surface area (TPSA) is 77.3 Å². The zero-order valence-corrected chi connectivity index (χ0v) is 23.5. The van der Waals surface area contributed by atoms with Crippen LogP contribution in [0.25, 0.3) is 67.2 Å². The minimum Gasteiger partial charge on any atom is -0.264 e. The molecule has 6 nitrogen and oxygen atoms in total. The summed E-state index contributed by atoms with van der Waals surface area (Å²) < 4.78 is 0. The maximum atomic E-state index is 4.90. The van der Waals surface area contributed by atoms with Crippen molar-refractivity contribution in [1.29, 1.82) is 0 Å². The molecule has 5 aromatic heterocycles. The van der Waals surface area contributed by atoms with E-state index in [0.717, 1.165) is 67.2 Å². The Bertz CT molecular complexity index is 1750. The highest BCUT2D eigenvalue weighted by Crippen LogP contribution is 2.35. The van der Waals surface area contributed by atoms with Crippen molar-refractivity contribution >= 4 is 0 Å². The average Bonchev–Trinajstić information content (AvgIpc) is 3.09. The lowest BCUT2D eigenvalue weighted by atomic mass is 9.95. The lowest BCUT2D eigenvalue weighted by molar-refractivity contribution is 1.06. The van der Waals surface area contributed by atoms with Crippen LogP contribution in [0.2, 0.25) is 0 Å². The van der Waals surface area contributed by atoms with Crippen molar-refractivity contribution in [1.82, 2.24) is 29.9 Å². The molecule has 0 saturated carbocycles. The standard InChI is InChI=1S/C37H26N6/c1-25-42-36(33-17-29(26-7-4-11-38-22-26)15-30(18-33)27-8-5-12-39-23-27)21-37(43-25)34-19-31(28-9-6-13-40-24-28)16-32(20-34)35-10-2-3-14-41-35/h2-24H,1H3. The third kappa shape index (κ3) is 5.67. The lowest BCUT2D eigenvalue weighted by Crippen LogP contribution is -1.96. The number of aromatic nitrogens is 6. The highest BCUT2D eigenvalue weighted by molar-refractivity contribution is 5.83. The van der Waals surface area contributed by atoms with Gasteiger partial charge in [0.05, 0.1) is 17.1 Å². The van der Waals surface area contributed by atoms with Gasteiger partial charge in [-0.1, -0.05) is 24.3 Å². The molecule has 0 aliphatic heterocycles. The average molecular weight is 555 g/mol. The Morgan fingerprint density at radius 2 is 0.814 bits per heavy atom. The summed E-state index contributed by atoms with van der Waals surface area (Å²) in [5.41, 5.74) is 11.8. The van der Waals surface area contributed by atoms with E-state index < -0.39 is 0 Å². The monoisotopic (exact) mass is 554 g/mol. The summed E-state index contributed by atoms with van der Waals surface area (Å²) in [6.07, 6.45) is 12.8. The molecule has 0 aliphatic carbocycles. The third-order valence-electron chi connectivity index (χ3n) is 7.24. The first-order chi connectivity index (χ1) is 21.2. The summed E-state index contributed by atoms with van der Waals surface area (Å²) >= 11 is 0. The molecule has 5 heterocycles. The fraction of sp³-hybridized carbons (Fsp3) is 0.0270. The third-order valence-corrected chi connectivity index (χ3v) is 7.24. The number of aryl methyl sites for hydroxylation is 1. The molecule has 7 rings (SSSR count). The van der Waals surface area contributed by atoms with Crippen LogP contribution >= 0.6 is 0 Å². The van der Waals surface area contributed by atoms with E-state index >= 15 is 0 Å². The van der Waals surface area contributed by atoms with E-state index in [-0.39, 0.29) is 0 Å². The molecule has 43 heavy (non-hydrogen) atoms. The van der Waals surface area contributed by atoms with Gasteiger partial charge in [0.1, 0.15) is 5.82 Å². The minimum atomic E-state index is 0.688. The van der Waals surface area contributed by atoms with Crippen LogP contribution in [0.3, 0.4) is 0 Å². The Labute approximate surface area is 249 Å². The summed E-state index contributed by atoms with van der Waals surface area (Å²) in [6, 6.07) is 33.0. The molecule has 2 aromatic carbocycles. The number of benzene rings is 2. The van der Waals surface area contributed by atoms with Gasteiger partial charge in [0.2, 0.25) is 0 Å². The Balaban J connectivity index is 1.40. The summed E-state index contributed by atoms with van der Waals surface area (Å²) in [6.45, 7) is 1.94. The van der Waals surface area contributed by atoms with E-state index in [2.05, 4.69) is 80.6 Å². The molecule has 0 bridgehead atoms. The minimum absolute atomic E-state index is 0.688. The number of pyridine rings is 4. The molecule has 0 unspecified atom stereocenters. The first-order valence-electron chi connectivity index (χ1n) is 14.0. The molecule has 0 atom stereocenters. The van der Waals surface area contributed by atoms with Crippen LogP contribution in [-0.2, 0) is 0 Å². The van der Waals surface area contributed by atoms with Crippen LogP contribution in [0, 0.1) is 6.92 Å². The van der Waals surface area contributed by atoms with Gasteiger partial charge in [-0.2, -0.15) is 0 Å². The van der Waals surface area contributed by atoms with E-state index in [1.807, 2.05) is 68.1 Å². The fourth-order valence-electron chi connectivity index (χ4n) is 5.20. The first-order valence-corrected chi connectivity index (χ1v) is 14.0. The number of hydrogen-bond donors (Lipinski definition) is 0. The summed E-state index contributed by atoms with van der Waals surface area (Å²) in [4.78, 5) is 27.5. The largest absolute Gasteiger partial charge is 0.264 e. The fourth-order valence-corrected chi connectivity index (χ4v) is 5.20. The van der Waals surface area contributed by atoms with Gasteiger partial charge in [-0.25, -0.2) is 9.97 Å². The van der Waals surface area contributed by atoms with Crippen molar-refractivity contribution in [3.8, 4) is 67.2 Å². The van der Waals surface area contributed by atoms with Crippen molar-refractivity contribution in [2.75, 3.05) is 0 Å². The van der Waals surface area contributed by atoms with Crippen molar-refractivity contribution in [3.63, 3.8) is 0 Å². The second-order valence-corrected chi connectivity index (χ2v) is 10.2. The molecule has 6 heteroatoms. The van der Waals surface area contributed by atoms with Gasteiger partial charge in [0.15, 0.2) is 0 Å². The van der Waals surface area contributed by atoms with Crippen molar-refractivity contribution in [3.05, 3.63) is 146 Å². The summed E-state index contributed by atoms with van der Waals surface area (Å²) in [7, 11) is 0. The van der Waals surface area contributed by atoms with Gasteiger partial charge in [0.25, 0.3) is 0 Å². The number of nitrogens with zero attached hydrogens (tertiary/aromatic N) is 6. The highest BCUT2D eigenvalue weighted by Gasteiger charge is 2.14. The Morgan fingerprint density at radius 3 is 1.23 bits per heavy atom. The Hall–Kier alpha value is -5.88. The number of rotatable bonds is 6. The normalized spacial score (nSPS) is 10.9. The van der Waals surface area contributed by atoms with Gasteiger partial charge in [0, 0.05) is 76.8 Å². The van der Waals surface area contributed by atoms with Gasteiger partial charge in [-0.3, -0.25) is 19.9 Å². The molecule has 0 spiro atoms. The summed E-state index contributed by atoms with van der Waals surface area (Å²) in [5.74, 6) is 0.688. The van der Waals surface area contributed by atoms with Crippen molar-refractivity contribution in [2.45, 2.75) is 6.92 Å². The van der Waals surface area contributed by atoms with Crippen LogP contribution in [0.1, 0.15) is 5.82 Å². The molecule has 7 aromatic rings. The predicted octanol–water partition coefficient (Wildman–Crippen LogP) is 8.37. The van der Waals surface area contributed by atoms with Crippen LogP contribution in [-0.4, -0.2) is 29.9 Å². The molecule has 0 N–H and O–H groups in total. The zero-order chi connectivity index (χ0) is 29.0. The van der Waals surface area contributed by atoms with Gasteiger partial charge in [-0.05, 0) is 96.4 Å². The Kier molecular flexibility index (Phi) is 6.99. The molecule has 0 fully saturated rings. The molecule has 0 amide bonds. The maximum Gasteiger partial charge on any atom is 0.126 e. The first kappa shape index (κ1) is 26.0. The van der Waals surface area contributed by atoms with Crippen LogP contribution < -0.4 is 0 Å². The molecule has 0 saturated heterocycles.